The SMILES string of the molecule is Cc1nc2ccc(CCCNc3cc(-c4cccc(Cl)c4Cl)nc(N)n3)cc2s1. The van der Waals surface area contributed by atoms with Crippen molar-refractivity contribution in [3.63, 3.8) is 0 Å². The second kappa shape index (κ2) is 8.53. The summed E-state index contributed by atoms with van der Waals surface area (Å²) in [5.74, 6) is 0.851. The minimum atomic E-state index is 0.187. The molecule has 0 aliphatic carbocycles. The summed E-state index contributed by atoms with van der Waals surface area (Å²) in [5, 5.41) is 5.34. The first-order chi connectivity index (χ1) is 14.0. The molecule has 3 N–H and O–H groups in total. The third-order valence-electron chi connectivity index (χ3n) is 4.48. The van der Waals surface area contributed by atoms with Crippen molar-refractivity contribution in [1.29, 1.82) is 0 Å². The van der Waals surface area contributed by atoms with Gasteiger partial charge in [-0.2, -0.15) is 4.98 Å². The van der Waals surface area contributed by atoms with Gasteiger partial charge in [0.1, 0.15) is 5.82 Å². The maximum Gasteiger partial charge on any atom is 0.222 e. The standard InChI is InChI=1S/C21H19Cl2N5S/c1-12-26-16-8-7-13(10-18(16)29-12)4-3-9-25-19-11-17(27-21(24)28-19)14-5-2-6-15(22)20(14)23/h2,5-8,10-11H,3-4,9H2,1H3,(H3,24,25,27,28). The van der Waals surface area contributed by atoms with Crippen molar-refractivity contribution in [3.8, 4) is 11.3 Å². The number of anilines is 2. The van der Waals surface area contributed by atoms with Crippen LogP contribution < -0.4 is 11.1 Å². The van der Waals surface area contributed by atoms with Gasteiger partial charge in [-0.1, -0.05) is 41.4 Å². The third-order valence-corrected chi connectivity index (χ3v) is 6.23. The lowest BCUT2D eigenvalue weighted by Gasteiger charge is -2.10. The highest BCUT2D eigenvalue weighted by Crippen LogP contribution is 2.33. The summed E-state index contributed by atoms with van der Waals surface area (Å²) < 4.78 is 1.24. The molecular formula is C21H19Cl2N5S. The lowest BCUT2D eigenvalue weighted by Crippen LogP contribution is -2.07. The first-order valence-electron chi connectivity index (χ1n) is 9.18. The maximum absolute atomic E-state index is 6.31. The number of benzene rings is 2. The van der Waals surface area contributed by atoms with Crippen LogP contribution in [0.4, 0.5) is 11.8 Å². The van der Waals surface area contributed by atoms with E-state index in [9.17, 15) is 0 Å². The number of aromatic nitrogens is 3. The summed E-state index contributed by atoms with van der Waals surface area (Å²) in [4.78, 5) is 13.1. The Bertz CT molecular complexity index is 1180. The smallest absolute Gasteiger partial charge is 0.222 e. The van der Waals surface area contributed by atoms with Crippen LogP contribution in [0.15, 0.2) is 42.5 Å². The van der Waals surface area contributed by atoms with Crippen LogP contribution in [-0.2, 0) is 6.42 Å². The van der Waals surface area contributed by atoms with Crippen LogP contribution in [0.1, 0.15) is 17.0 Å². The molecular weight excluding hydrogens is 425 g/mol. The van der Waals surface area contributed by atoms with Gasteiger partial charge in [0.2, 0.25) is 5.95 Å². The first-order valence-corrected chi connectivity index (χ1v) is 10.8. The molecule has 2 aromatic carbocycles. The molecule has 4 aromatic rings. The lowest BCUT2D eigenvalue weighted by atomic mass is 10.1. The molecule has 0 aliphatic heterocycles. The summed E-state index contributed by atoms with van der Waals surface area (Å²) in [6, 6.07) is 13.7. The van der Waals surface area contributed by atoms with Crippen LogP contribution in [0.5, 0.6) is 0 Å². The number of nitrogens with one attached hydrogen (secondary N) is 1. The van der Waals surface area contributed by atoms with E-state index in [2.05, 4.69) is 38.5 Å². The number of aryl methyl sites for hydroxylation is 2. The van der Waals surface area contributed by atoms with Crippen LogP contribution in [0.25, 0.3) is 21.5 Å². The van der Waals surface area contributed by atoms with Crippen LogP contribution >= 0.6 is 34.5 Å². The summed E-state index contributed by atoms with van der Waals surface area (Å²) in [6.45, 7) is 2.80. The van der Waals surface area contributed by atoms with E-state index < -0.39 is 0 Å². The number of hydrogen-bond acceptors (Lipinski definition) is 6. The monoisotopic (exact) mass is 443 g/mol. The van der Waals surface area contributed by atoms with E-state index in [0.29, 0.717) is 21.6 Å². The number of nitrogens with zero attached hydrogens (tertiary/aromatic N) is 3. The number of fused-ring (bicyclic) bond motifs is 1. The molecule has 148 valence electrons. The van der Waals surface area contributed by atoms with Crippen molar-refractivity contribution in [3.05, 3.63) is 63.1 Å². The van der Waals surface area contributed by atoms with E-state index in [0.717, 1.165) is 35.5 Å². The highest BCUT2D eigenvalue weighted by molar-refractivity contribution is 7.18. The van der Waals surface area contributed by atoms with Crippen molar-refractivity contribution >= 4 is 56.5 Å². The Balaban J connectivity index is 1.41. The van der Waals surface area contributed by atoms with Crippen molar-refractivity contribution in [2.75, 3.05) is 17.6 Å². The zero-order valence-corrected chi connectivity index (χ0v) is 18.1. The molecule has 29 heavy (non-hydrogen) atoms. The number of nitrogen functional groups attached to an aromatic ring is 1. The summed E-state index contributed by atoms with van der Waals surface area (Å²) >= 11 is 14.2. The van der Waals surface area contributed by atoms with Gasteiger partial charge in [0.15, 0.2) is 0 Å². The maximum atomic E-state index is 6.31. The van der Waals surface area contributed by atoms with E-state index in [4.69, 9.17) is 28.9 Å². The van der Waals surface area contributed by atoms with Gasteiger partial charge in [0.25, 0.3) is 0 Å². The summed E-state index contributed by atoms with van der Waals surface area (Å²) in [5.41, 5.74) is 9.63. The van der Waals surface area contributed by atoms with E-state index in [1.54, 1.807) is 17.4 Å². The van der Waals surface area contributed by atoms with Gasteiger partial charge in [-0.05, 0) is 43.5 Å². The van der Waals surface area contributed by atoms with Gasteiger partial charge >= 0.3 is 0 Å². The quantitative estimate of drug-likeness (QED) is 0.357. The molecule has 0 aliphatic rings. The Hall–Kier alpha value is -2.41. The molecule has 5 nitrogen and oxygen atoms in total. The zero-order chi connectivity index (χ0) is 20.4. The molecule has 0 saturated heterocycles. The molecule has 0 atom stereocenters. The minimum absolute atomic E-state index is 0.187. The average molecular weight is 444 g/mol. The molecule has 0 radical (unpaired) electrons. The number of nitrogens with two attached hydrogens (primary N) is 1. The number of halogens is 2. The molecule has 4 rings (SSSR count). The fraction of sp³-hybridized carbons (Fsp3) is 0.190. The second-order valence-corrected chi connectivity index (χ2v) is 8.68. The lowest BCUT2D eigenvalue weighted by molar-refractivity contribution is 0.859. The highest BCUT2D eigenvalue weighted by Gasteiger charge is 2.11. The zero-order valence-electron chi connectivity index (χ0n) is 15.7. The van der Waals surface area contributed by atoms with E-state index in [1.165, 1.54) is 10.3 Å². The van der Waals surface area contributed by atoms with E-state index in [-0.39, 0.29) is 5.95 Å². The molecule has 0 fully saturated rings. The van der Waals surface area contributed by atoms with Crippen LogP contribution in [-0.4, -0.2) is 21.5 Å². The Morgan fingerprint density at radius 2 is 1.93 bits per heavy atom. The Kier molecular flexibility index (Phi) is 5.85. The number of rotatable bonds is 6. The molecule has 2 aromatic heterocycles. The van der Waals surface area contributed by atoms with Crippen molar-refractivity contribution in [2.24, 2.45) is 0 Å². The fourth-order valence-corrected chi connectivity index (χ4v) is 4.43. The van der Waals surface area contributed by atoms with Crippen LogP contribution in [0.2, 0.25) is 10.0 Å². The predicted octanol–water partition coefficient (Wildman–Crippen LogP) is 6.00. The van der Waals surface area contributed by atoms with Gasteiger partial charge < -0.3 is 11.1 Å². The minimum Gasteiger partial charge on any atom is -0.370 e. The van der Waals surface area contributed by atoms with Crippen molar-refractivity contribution in [2.45, 2.75) is 19.8 Å². The van der Waals surface area contributed by atoms with Crippen LogP contribution in [0.3, 0.4) is 0 Å². The molecule has 8 heteroatoms. The molecule has 0 bridgehead atoms. The Morgan fingerprint density at radius 1 is 1.07 bits per heavy atom. The van der Waals surface area contributed by atoms with Gasteiger partial charge in [0.05, 0.1) is 31.0 Å². The molecule has 0 spiro atoms. The van der Waals surface area contributed by atoms with Gasteiger partial charge in [-0.25, -0.2) is 9.97 Å². The van der Waals surface area contributed by atoms with Gasteiger partial charge in [-0.15, -0.1) is 11.3 Å². The normalized spacial score (nSPS) is 11.1. The van der Waals surface area contributed by atoms with Crippen molar-refractivity contribution in [1.82, 2.24) is 15.0 Å². The van der Waals surface area contributed by atoms with Gasteiger partial charge in [-0.3, -0.25) is 0 Å². The fourth-order valence-electron chi connectivity index (χ4n) is 3.14. The topological polar surface area (TPSA) is 76.7 Å². The van der Waals surface area contributed by atoms with Gasteiger partial charge in [0, 0.05) is 18.2 Å². The van der Waals surface area contributed by atoms with Crippen LogP contribution in [0, 0.1) is 6.92 Å². The Morgan fingerprint density at radius 3 is 2.79 bits per heavy atom. The second-order valence-electron chi connectivity index (χ2n) is 6.66. The van der Waals surface area contributed by atoms with E-state index in [1.807, 2.05) is 25.1 Å². The summed E-state index contributed by atoms with van der Waals surface area (Å²) in [6.07, 6.45) is 1.92. The predicted molar refractivity (Wildman–Crippen MR) is 123 cm³/mol. The largest absolute Gasteiger partial charge is 0.370 e. The summed E-state index contributed by atoms with van der Waals surface area (Å²) in [7, 11) is 0. The van der Waals surface area contributed by atoms with Crippen molar-refractivity contribution < 1.29 is 0 Å². The molecule has 2 heterocycles. The first kappa shape index (κ1) is 19.9. The molecule has 0 amide bonds. The third kappa shape index (κ3) is 4.61. The number of hydrogen-bond donors (Lipinski definition) is 2. The molecule has 0 saturated carbocycles. The average Bonchev–Trinajstić information content (AvgIpc) is 3.06. The van der Waals surface area contributed by atoms with E-state index >= 15 is 0 Å². The number of thiazole rings is 1. The Labute approximate surface area is 182 Å². The molecule has 0 unspecified atom stereocenters. The highest BCUT2D eigenvalue weighted by atomic mass is 35.5.